The Bertz CT molecular complexity index is 883. The van der Waals surface area contributed by atoms with Crippen LogP contribution in [0.15, 0.2) is 42.5 Å². The fourth-order valence-electron chi connectivity index (χ4n) is 3.48. The molecule has 2 aromatic carbocycles. The molecule has 0 radical (unpaired) electrons. The van der Waals surface area contributed by atoms with Crippen LogP contribution in [0, 0.1) is 6.92 Å². The number of benzene rings is 2. The minimum atomic E-state index is 0.0157. The molecule has 0 aliphatic heterocycles. The molecule has 3 aromatic rings. The zero-order chi connectivity index (χ0) is 20.0. The van der Waals surface area contributed by atoms with Crippen molar-refractivity contribution in [2.24, 2.45) is 7.05 Å². The van der Waals surface area contributed by atoms with Gasteiger partial charge in [0.15, 0.2) is 0 Å². The second kappa shape index (κ2) is 9.47. The lowest BCUT2D eigenvalue weighted by Gasteiger charge is -2.24. The standard InChI is InChI=1S/C19H19N3O.2C2H6/c1-12-8-9-14-13(10-12)11-17(23-3)15-6-4-5-7-16(15)18-19(14)22(2)21-20-18;2*1-2/h4-10,17H,11H2,1-3H3;2*1-2H3. The lowest BCUT2D eigenvalue weighted by atomic mass is 9.87. The van der Waals surface area contributed by atoms with Crippen molar-refractivity contribution in [1.29, 1.82) is 0 Å². The topological polar surface area (TPSA) is 39.9 Å². The normalized spacial score (nSPS) is 14.1. The van der Waals surface area contributed by atoms with Crippen LogP contribution in [0.5, 0.6) is 0 Å². The van der Waals surface area contributed by atoms with E-state index in [-0.39, 0.29) is 6.10 Å². The van der Waals surface area contributed by atoms with E-state index in [0.717, 1.165) is 23.4 Å². The minimum Gasteiger partial charge on any atom is -0.376 e. The van der Waals surface area contributed by atoms with Gasteiger partial charge in [-0.2, -0.15) is 0 Å². The summed E-state index contributed by atoms with van der Waals surface area (Å²) >= 11 is 0. The second-order valence-electron chi connectivity index (χ2n) is 6.09. The molecule has 0 saturated heterocycles. The Hall–Kier alpha value is -2.46. The first kappa shape index (κ1) is 20.8. The van der Waals surface area contributed by atoms with Crippen LogP contribution in [0.2, 0.25) is 0 Å². The van der Waals surface area contributed by atoms with Crippen LogP contribution in [0.25, 0.3) is 22.5 Å². The van der Waals surface area contributed by atoms with Crippen molar-refractivity contribution in [1.82, 2.24) is 15.0 Å². The smallest absolute Gasteiger partial charge is 0.121 e. The van der Waals surface area contributed by atoms with Crippen LogP contribution >= 0.6 is 0 Å². The number of nitrogens with zero attached hydrogens (tertiary/aromatic N) is 3. The summed E-state index contributed by atoms with van der Waals surface area (Å²) < 4.78 is 7.69. The summed E-state index contributed by atoms with van der Waals surface area (Å²) in [5.41, 5.74) is 7.99. The summed E-state index contributed by atoms with van der Waals surface area (Å²) in [6.45, 7) is 10.1. The number of hydrogen-bond acceptors (Lipinski definition) is 3. The quantitative estimate of drug-likeness (QED) is 0.551. The van der Waals surface area contributed by atoms with Crippen LogP contribution in [-0.4, -0.2) is 22.1 Å². The third-order valence-electron chi connectivity index (χ3n) is 4.60. The fraction of sp³-hybridized carbons (Fsp3) is 0.391. The van der Waals surface area contributed by atoms with Crippen molar-refractivity contribution in [3.8, 4) is 22.5 Å². The number of hydrogen-bond donors (Lipinski definition) is 0. The maximum absolute atomic E-state index is 5.82. The van der Waals surface area contributed by atoms with Crippen molar-refractivity contribution in [3.63, 3.8) is 0 Å². The second-order valence-corrected chi connectivity index (χ2v) is 6.09. The summed E-state index contributed by atoms with van der Waals surface area (Å²) in [6, 6.07) is 14.9. The Morgan fingerprint density at radius 2 is 1.70 bits per heavy atom. The molecule has 0 bridgehead atoms. The summed E-state index contributed by atoms with van der Waals surface area (Å²) in [7, 11) is 3.73. The van der Waals surface area contributed by atoms with E-state index >= 15 is 0 Å². The molecule has 0 amide bonds. The average molecular weight is 366 g/mol. The van der Waals surface area contributed by atoms with Crippen molar-refractivity contribution in [2.75, 3.05) is 7.11 Å². The zero-order valence-electron chi connectivity index (χ0n) is 17.6. The van der Waals surface area contributed by atoms with Gasteiger partial charge in [0, 0.05) is 31.7 Å². The maximum atomic E-state index is 5.82. The molecule has 1 heterocycles. The van der Waals surface area contributed by atoms with Gasteiger partial charge in [0.05, 0.1) is 11.8 Å². The summed E-state index contributed by atoms with van der Waals surface area (Å²) in [6.07, 6.45) is 0.858. The highest BCUT2D eigenvalue weighted by molar-refractivity contribution is 5.82. The van der Waals surface area contributed by atoms with E-state index in [1.807, 2.05) is 45.5 Å². The first-order valence-electron chi connectivity index (χ1n) is 9.80. The van der Waals surface area contributed by atoms with E-state index in [1.54, 1.807) is 7.11 Å². The molecule has 4 heteroatoms. The van der Waals surface area contributed by atoms with Crippen LogP contribution in [0.4, 0.5) is 0 Å². The van der Waals surface area contributed by atoms with Crippen molar-refractivity contribution < 1.29 is 4.74 Å². The van der Waals surface area contributed by atoms with Crippen LogP contribution < -0.4 is 0 Å². The predicted molar refractivity (Wildman–Crippen MR) is 113 cm³/mol. The maximum Gasteiger partial charge on any atom is 0.121 e. The summed E-state index contributed by atoms with van der Waals surface area (Å²) in [4.78, 5) is 0. The molecule has 0 fully saturated rings. The van der Waals surface area contributed by atoms with E-state index in [1.165, 1.54) is 22.3 Å². The van der Waals surface area contributed by atoms with Gasteiger partial charge in [-0.25, -0.2) is 4.68 Å². The third kappa shape index (κ3) is 3.96. The van der Waals surface area contributed by atoms with Crippen LogP contribution in [0.3, 0.4) is 0 Å². The van der Waals surface area contributed by atoms with Crippen LogP contribution in [0.1, 0.15) is 50.5 Å². The monoisotopic (exact) mass is 365 g/mol. The van der Waals surface area contributed by atoms with Gasteiger partial charge in [-0.3, -0.25) is 0 Å². The number of rotatable bonds is 1. The molecule has 1 aromatic heterocycles. The highest BCUT2D eigenvalue weighted by Gasteiger charge is 2.27. The molecule has 0 saturated carbocycles. The van der Waals surface area contributed by atoms with Crippen molar-refractivity contribution >= 4 is 0 Å². The average Bonchev–Trinajstić information content (AvgIpc) is 3.09. The van der Waals surface area contributed by atoms with Crippen molar-refractivity contribution in [3.05, 3.63) is 59.2 Å². The van der Waals surface area contributed by atoms with Crippen molar-refractivity contribution in [2.45, 2.75) is 47.1 Å². The SMILES string of the molecule is CC.CC.COC1Cc2cc(C)ccc2-c2c(nnn2C)-c2ccccc21. The number of ether oxygens (including phenoxy) is 1. The van der Waals surface area contributed by atoms with Gasteiger partial charge in [0.25, 0.3) is 0 Å². The highest BCUT2D eigenvalue weighted by Crippen LogP contribution is 2.41. The number of methoxy groups -OCH3 is 1. The Morgan fingerprint density at radius 1 is 1.00 bits per heavy atom. The minimum absolute atomic E-state index is 0.0157. The van der Waals surface area contributed by atoms with Gasteiger partial charge < -0.3 is 4.74 Å². The molecule has 0 spiro atoms. The Kier molecular flexibility index (Phi) is 7.31. The number of aryl methyl sites for hydroxylation is 2. The number of aromatic nitrogens is 3. The molecule has 1 atom stereocenters. The van der Waals surface area contributed by atoms with E-state index in [2.05, 4.69) is 53.6 Å². The molecule has 1 aliphatic carbocycles. The Balaban J connectivity index is 0.000000614. The van der Waals surface area contributed by atoms with E-state index in [4.69, 9.17) is 4.74 Å². The van der Waals surface area contributed by atoms with Crippen LogP contribution in [-0.2, 0) is 18.2 Å². The molecule has 1 aliphatic rings. The summed E-state index contributed by atoms with van der Waals surface area (Å²) in [5, 5.41) is 8.73. The lowest BCUT2D eigenvalue weighted by Crippen LogP contribution is -2.11. The first-order valence-corrected chi connectivity index (χ1v) is 9.80. The van der Waals surface area contributed by atoms with Gasteiger partial charge in [-0.1, -0.05) is 80.9 Å². The molecule has 4 nitrogen and oxygen atoms in total. The molecular weight excluding hydrogens is 334 g/mol. The number of fused-ring (bicyclic) bond motifs is 5. The molecule has 144 valence electrons. The zero-order valence-corrected chi connectivity index (χ0v) is 17.6. The lowest BCUT2D eigenvalue weighted by molar-refractivity contribution is 0.104. The molecular formula is C23H31N3O. The van der Waals surface area contributed by atoms with E-state index < -0.39 is 0 Å². The van der Waals surface area contributed by atoms with Gasteiger partial charge in [0.2, 0.25) is 0 Å². The molecule has 27 heavy (non-hydrogen) atoms. The first-order chi connectivity index (χ1) is 13.2. The fourth-order valence-corrected chi connectivity index (χ4v) is 3.48. The Labute approximate surface area is 163 Å². The molecule has 0 N–H and O–H groups in total. The van der Waals surface area contributed by atoms with Gasteiger partial charge >= 0.3 is 0 Å². The van der Waals surface area contributed by atoms with E-state index in [0.29, 0.717) is 0 Å². The summed E-state index contributed by atoms with van der Waals surface area (Å²) in [5.74, 6) is 0. The Morgan fingerprint density at radius 3 is 2.41 bits per heavy atom. The van der Waals surface area contributed by atoms with Gasteiger partial charge in [0.1, 0.15) is 5.69 Å². The predicted octanol–water partition coefficient (Wildman–Crippen LogP) is 5.75. The third-order valence-corrected chi connectivity index (χ3v) is 4.60. The van der Waals surface area contributed by atoms with E-state index in [9.17, 15) is 0 Å². The molecule has 1 unspecified atom stereocenters. The van der Waals surface area contributed by atoms with Gasteiger partial charge in [-0.15, -0.1) is 5.10 Å². The molecule has 4 rings (SSSR count). The highest BCUT2D eigenvalue weighted by atomic mass is 16.5. The largest absolute Gasteiger partial charge is 0.376 e. The van der Waals surface area contributed by atoms with Gasteiger partial charge in [-0.05, 0) is 18.1 Å².